The van der Waals surface area contributed by atoms with E-state index in [0.717, 1.165) is 0 Å². The van der Waals surface area contributed by atoms with Crippen LogP contribution in [0.1, 0.15) is 6.42 Å². The summed E-state index contributed by atoms with van der Waals surface area (Å²) >= 11 is 0. The van der Waals surface area contributed by atoms with Gasteiger partial charge in [-0.15, -0.1) is 0 Å². The summed E-state index contributed by atoms with van der Waals surface area (Å²) in [5.41, 5.74) is -0.485. The Kier molecular flexibility index (Phi) is 1.68. The first kappa shape index (κ1) is 8.42. The minimum absolute atomic E-state index is 0.0483. The normalized spacial score (nSPS) is 45.9. The van der Waals surface area contributed by atoms with Gasteiger partial charge in [0.25, 0.3) is 0 Å². The van der Waals surface area contributed by atoms with E-state index in [9.17, 15) is 0 Å². The summed E-state index contributed by atoms with van der Waals surface area (Å²) in [6.07, 6.45) is 4.24. The lowest BCUT2D eigenvalue weighted by atomic mass is 9.87. The van der Waals surface area contributed by atoms with E-state index in [1.54, 1.807) is 0 Å². The highest BCUT2D eigenvalue weighted by molar-refractivity contribution is 5.24. The van der Waals surface area contributed by atoms with Crippen molar-refractivity contribution in [3.63, 3.8) is 0 Å². The lowest BCUT2D eigenvalue weighted by Gasteiger charge is -2.27. The smallest absolute Gasteiger partial charge is 0.190 e. The molecule has 0 aromatic heterocycles. The van der Waals surface area contributed by atoms with Crippen molar-refractivity contribution in [2.45, 2.75) is 24.4 Å². The van der Waals surface area contributed by atoms with Gasteiger partial charge >= 0.3 is 0 Å². The fraction of sp³-hybridized carbons (Fsp3) is 0.700. The number of rotatable bonds is 1. The van der Waals surface area contributed by atoms with E-state index in [-0.39, 0.29) is 18.3 Å². The predicted octanol–water partition coefficient (Wildman–Crippen LogP) is 0.597. The van der Waals surface area contributed by atoms with Crippen molar-refractivity contribution < 1.29 is 14.2 Å². The van der Waals surface area contributed by atoms with E-state index in [1.165, 1.54) is 0 Å². The van der Waals surface area contributed by atoms with Gasteiger partial charge in [0.15, 0.2) is 6.29 Å². The molecular formula is C10H11NO3. The van der Waals surface area contributed by atoms with E-state index >= 15 is 0 Å². The highest BCUT2D eigenvalue weighted by Crippen LogP contribution is 2.45. The molecule has 4 nitrogen and oxygen atoms in total. The van der Waals surface area contributed by atoms with Crippen LogP contribution >= 0.6 is 0 Å². The predicted molar refractivity (Wildman–Crippen MR) is 46.2 cm³/mol. The molecule has 3 aliphatic rings. The van der Waals surface area contributed by atoms with Gasteiger partial charge in [0.2, 0.25) is 0 Å². The van der Waals surface area contributed by atoms with Crippen LogP contribution in [0.5, 0.6) is 0 Å². The first-order valence-corrected chi connectivity index (χ1v) is 4.84. The minimum Gasteiger partial charge on any atom is -0.357 e. The fourth-order valence-corrected chi connectivity index (χ4v) is 2.37. The summed E-state index contributed by atoms with van der Waals surface area (Å²) in [5.74, 6) is -0.0483. The summed E-state index contributed by atoms with van der Waals surface area (Å²) in [6.45, 7) is 1.23. The number of nitrogens with zero attached hydrogens (tertiary/aromatic N) is 1. The molecule has 0 spiro atoms. The number of hydrogen-bond acceptors (Lipinski definition) is 4. The minimum atomic E-state index is -0.485. The van der Waals surface area contributed by atoms with Gasteiger partial charge < -0.3 is 14.2 Å². The van der Waals surface area contributed by atoms with Crippen LogP contribution in [0.3, 0.4) is 0 Å². The van der Waals surface area contributed by atoms with E-state index in [0.29, 0.717) is 19.6 Å². The molecule has 0 N–H and O–H groups in total. The van der Waals surface area contributed by atoms with Crippen molar-refractivity contribution in [3.05, 3.63) is 12.2 Å². The van der Waals surface area contributed by atoms with Crippen molar-refractivity contribution in [3.8, 4) is 6.07 Å². The number of nitriles is 1. The van der Waals surface area contributed by atoms with Gasteiger partial charge in [0, 0.05) is 6.42 Å². The van der Waals surface area contributed by atoms with Crippen LogP contribution in [0, 0.1) is 17.2 Å². The fourth-order valence-electron chi connectivity index (χ4n) is 2.37. The van der Waals surface area contributed by atoms with E-state index < -0.39 is 5.60 Å². The molecule has 0 aromatic rings. The third kappa shape index (κ3) is 0.976. The lowest BCUT2D eigenvalue weighted by Crippen LogP contribution is -2.39. The van der Waals surface area contributed by atoms with Crippen LogP contribution < -0.4 is 0 Å². The Hall–Kier alpha value is -0.890. The molecular weight excluding hydrogens is 182 g/mol. The number of fused-ring (bicyclic) bond motifs is 2. The van der Waals surface area contributed by atoms with Gasteiger partial charge in [-0.25, -0.2) is 0 Å². The second-order valence-electron chi connectivity index (χ2n) is 3.91. The summed E-state index contributed by atoms with van der Waals surface area (Å²) in [4.78, 5) is 0. The molecule has 0 aromatic carbocycles. The van der Waals surface area contributed by atoms with Gasteiger partial charge in [0.1, 0.15) is 5.60 Å². The lowest BCUT2D eigenvalue weighted by molar-refractivity contribution is -0.164. The Bertz CT molecular complexity index is 316. The molecule has 2 fully saturated rings. The maximum atomic E-state index is 8.90. The average Bonchev–Trinajstić information content (AvgIpc) is 2.92. The largest absolute Gasteiger partial charge is 0.357 e. The molecule has 2 saturated heterocycles. The van der Waals surface area contributed by atoms with Crippen molar-refractivity contribution in [1.82, 2.24) is 0 Å². The molecule has 3 aliphatic heterocycles. The van der Waals surface area contributed by atoms with Crippen molar-refractivity contribution in [2.24, 2.45) is 5.92 Å². The van der Waals surface area contributed by atoms with Crippen LogP contribution in [0.2, 0.25) is 0 Å². The molecule has 3 heterocycles. The third-order valence-corrected chi connectivity index (χ3v) is 3.05. The van der Waals surface area contributed by atoms with E-state index in [2.05, 4.69) is 6.07 Å². The topological polar surface area (TPSA) is 51.5 Å². The molecule has 0 radical (unpaired) electrons. The maximum Gasteiger partial charge on any atom is 0.190 e. The highest BCUT2D eigenvalue weighted by Gasteiger charge is 2.55. The van der Waals surface area contributed by atoms with Crippen LogP contribution in [-0.2, 0) is 14.2 Å². The van der Waals surface area contributed by atoms with Gasteiger partial charge in [-0.3, -0.25) is 0 Å². The quantitative estimate of drug-likeness (QED) is 0.572. The summed E-state index contributed by atoms with van der Waals surface area (Å²) < 4.78 is 16.6. The average molecular weight is 193 g/mol. The zero-order chi connectivity index (χ0) is 9.60. The molecule has 0 saturated carbocycles. The van der Waals surface area contributed by atoms with Crippen molar-refractivity contribution in [2.75, 3.05) is 13.2 Å². The first-order chi connectivity index (χ1) is 6.84. The zero-order valence-electron chi connectivity index (χ0n) is 7.68. The zero-order valence-corrected chi connectivity index (χ0v) is 7.68. The molecule has 3 atom stereocenters. The molecule has 0 amide bonds. The summed E-state index contributed by atoms with van der Waals surface area (Å²) in [7, 11) is 0. The second-order valence-corrected chi connectivity index (χ2v) is 3.91. The highest BCUT2D eigenvalue weighted by atomic mass is 16.7. The monoisotopic (exact) mass is 193 g/mol. The summed E-state index contributed by atoms with van der Waals surface area (Å²) in [5, 5.41) is 8.90. The maximum absolute atomic E-state index is 8.90. The van der Waals surface area contributed by atoms with E-state index in [4.69, 9.17) is 19.5 Å². The van der Waals surface area contributed by atoms with Crippen LogP contribution in [0.4, 0.5) is 0 Å². The van der Waals surface area contributed by atoms with Gasteiger partial charge in [-0.2, -0.15) is 5.26 Å². The molecule has 2 bridgehead atoms. The third-order valence-electron chi connectivity index (χ3n) is 3.05. The number of ether oxygens (including phenoxy) is 3. The first-order valence-electron chi connectivity index (χ1n) is 4.84. The number of hydrogen-bond donors (Lipinski definition) is 0. The van der Waals surface area contributed by atoms with Crippen molar-refractivity contribution >= 4 is 0 Å². The van der Waals surface area contributed by atoms with Crippen molar-refractivity contribution in [1.29, 1.82) is 5.26 Å². The standard InChI is InChI=1S/C10H11NO3/c11-6-7-5-10(2-1-8(7)14-10)9-12-3-4-13-9/h1-2,7-9H,3-5H2/t7-,8?,10+/m1/s1. The molecule has 4 heteroatoms. The Morgan fingerprint density at radius 3 is 2.79 bits per heavy atom. The SMILES string of the molecule is N#C[C@H]1C[C@]2(C3OCCO3)C=CC1O2. The Morgan fingerprint density at radius 1 is 1.36 bits per heavy atom. The molecule has 74 valence electrons. The van der Waals surface area contributed by atoms with Gasteiger partial charge in [0.05, 0.1) is 31.3 Å². The van der Waals surface area contributed by atoms with Crippen LogP contribution in [-0.4, -0.2) is 31.2 Å². The van der Waals surface area contributed by atoms with Gasteiger partial charge in [-0.05, 0) is 6.08 Å². The van der Waals surface area contributed by atoms with Gasteiger partial charge in [-0.1, -0.05) is 6.08 Å². The Labute approximate surface area is 82.0 Å². The van der Waals surface area contributed by atoms with E-state index in [1.807, 2.05) is 12.2 Å². The second kappa shape index (κ2) is 2.80. The molecule has 14 heavy (non-hydrogen) atoms. The molecule has 0 aliphatic carbocycles. The van der Waals surface area contributed by atoms with Crippen LogP contribution in [0.15, 0.2) is 12.2 Å². The Balaban J connectivity index is 1.86. The molecule has 3 rings (SSSR count). The molecule has 1 unspecified atom stereocenters. The van der Waals surface area contributed by atoms with Crippen LogP contribution in [0.25, 0.3) is 0 Å². The summed E-state index contributed by atoms with van der Waals surface area (Å²) in [6, 6.07) is 2.26. The Morgan fingerprint density at radius 2 is 2.14 bits per heavy atom.